The van der Waals surface area contributed by atoms with Gasteiger partial charge >= 0.3 is 5.97 Å². The number of rotatable bonds is 6. The van der Waals surface area contributed by atoms with Crippen molar-refractivity contribution in [1.82, 2.24) is 0 Å². The van der Waals surface area contributed by atoms with Crippen molar-refractivity contribution >= 4 is 5.97 Å². The lowest BCUT2D eigenvalue weighted by atomic mass is 9.59. The van der Waals surface area contributed by atoms with Gasteiger partial charge in [0, 0.05) is 12.1 Å². The van der Waals surface area contributed by atoms with E-state index >= 15 is 0 Å². The minimum absolute atomic E-state index is 0.233. The molecule has 3 aliphatic rings. The van der Waals surface area contributed by atoms with Crippen LogP contribution in [0.2, 0.25) is 0 Å². The van der Waals surface area contributed by atoms with Gasteiger partial charge in [-0.05, 0) is 87.9 Å². The van der Waals surface area contributed by atoms with Crippen LogP contribution in [-0.2, 0) is 4.79 Å². The van der Waals surface area contributed by atoms with Crippen molar-refractivity contribution < 1.29 is 22.7 Å². The number of esters is 1. The Morgan fingerprint density at radius 2 is 1.64 bits per heavy atom. The minimum Gasteiger partial charge on any atom is -0.426 e. The smallest absolute Gasteiger partial charge is 0.314 e. The summed E-state index contributed by atoms with van der Waals surface area (Å²) in [7, 11) is 0. The van der Waals surface area contributed by atoms with Crippen molar-refractivity contribution in [3.05, 3.63) is 41.7 Å². The zero-order valence-electron chi connectivity index (χ0n) is 19.7. The van der Waals surface area contributed by atoms with Crippen LogP contribution in [0.3, 0.4) is 0 Å². The molecule has 0 aromatic heterocycles. The summed E-state index contributed by atoms with van der Waals surface area (Å²) in [5.41, 5.74) is 0. The zero-order chi connectivity index (χ0) is 23.4. The predicted molar refractivity (Wildman–Crippen MR) is 123 cm³/mol. The number of hydrogen-bond acceptors (Lipinski definition) is 2. The molecule has 0 radical (unpaired) electrons. The van der Waals surface area contributed by atoms with E-state index in [4.69, 9.17) is 4.74 Å². The van der Waals surface area contributed by atoms with Crippen molar-refractivity contribution in [3.63, 3.8) is 0 Å². The first-order chi connectivity index (χ1) is 16.0. The topological polar surface area (TPSA) is 26.3 Å². The Balaban J connectivity index is 1.31. The molecule has 2 nitrogen and oxygen atoms in total. The third kappa shape index (κ3) is 5.84. The van der Waals surface area contributed by atoms with Crippen molar-refractivity contribution in [1.29, 1.82) is 0 Å². The number of fused-ring (bicyclic) bond motifs is 1. The van der Waals surface area contributed by atoms with E-state index in [1.807, 2.05) is 0 Å². The second kappa shape index (κ2) is 11.1. The fraction of sp³-hybridized carbons (Fsp3) is 0.679. The Hall–Kier alpha value is -1.78. The van der Waals surface area contributed by atoms with Crippen LogP contribution < -0.4 is 4.74 Å². The average Bonchev–Trinajstić information content (AvgIpc) is 2.82. The molecular weight excluding hydrogens is 425 g/mol. The highest BCUT2D eigenvalue weighted by molar-refractivity contribution is 5.75. The summed E-state index contributed by atoms with van der Waals surface area (Å²) in [6.07, 6.45) is 18.6. The lowest BCUT2D eigenvalue weighted by molar-refractivity contribution is -0.144. The summed E-state index contributed by atoms with van der Waals surface area (Å²) >= 11 is 0. The van der Waals surface area contributed by atoms with Crippen LogP contribution in [-0.4, -0.2) is 5.97 Å². The maximum atomic E-state index is 13.5. The molecule has 0 amide bonds. The van der Waals surface area contributed by atoms with E-state index in [2.05, 4.69) is 19.1 Å². The number of carbonyl (C=O) groups excluding carboxylic acids is 1. The normalized spacial score (nSPS) is 32.5. The summed E-state index contributed by atoms with van der Waals surface area (Å²) in [5.74, 6) is -1.84. The van der Waals surface area contributed by atoms with E-state index in [1.54, 1.807) is 0 Å². The van der Waals surface area contributed by atoms with E-state index in [-0.39, 0.29) is 17.6 Å². The van der Waals surface area contributed by atoms with Crippen LogP contribution >= 0.6 is 0 Å². The van der Waals surface area contributed by atoms with Gasteiger partial charge in [0.25, 0.3) is 0 Å². The summed E-state index contributed by atoms with van der Waals surface area (Å²) < 4.78 is 45.6. The van der Waals surface area contributed by atoms with Crippen LogP contribution in [0.15, 0.2) is 24.3 Å². The van der Waals surface area contributed by atoms with Gasteiger partial charge in [0.15, 0.2) is 17.5 Å². The number of benzene rings is 1. The Bertz CT molecular complexity index is 821. The Morgan fingerprint density at radius 1 is 0.939 bits per heavy atom. The summed E-state index contributed by atoms with van der Waals surface area (Å²) in [4.78, 5) is 12.9. The van der Waals surface area contributed by atoms with Gasteiger partial charge in [-0.25, -0.2) is 13.2 Å². The SMILES string of the molecule is C/C=C/CCC1CCC(C2CCC3C(CCCC3C(=O)Oc3cc(F)c(F)c(F)c3)C2)CC1. The Morgan fingerprint density at radius 3 is 2.33 bits per heavy atom. The van der Waals surface area contributed by atoms with Gasteiger partial charge in [-0.2, -0.15) is 0 Å². The molecule has 182 valence electrons. The Kier molecular flexibility index (Phi) is 8.19. The van der Waals surface area contributed by atoms with Crippen LogP contribution in [0.5, 0.6) is 5.75 Å². The van der Waals surface area contributed by atoms with Crippen LogP contribution in [0.1, 0.15) is 84.0 Å². The van der Waals surface area contributed by atoms with E-state index in [1.165, 1.54) is 51.4 Å². The first-order valence-electron chi connectivity index (χ1n) is 12.9. The van der Waals surface area contributed by atoms with E-state index in [0.717, 1.165) is 55.6 Å². The number of allylic oxidation sites excluding steroid dienone is 2. The van der Waals surface area contributed by atoms with E-state index in [9.17, 15) is 18.0 Å². The fourth-order valence-corrected chi connectivity index (χ4v) is 6.95. The molecule has 3 saturated carbocycles. The molecule has 0 spiro atoms. The molecule has 3 aliphatic carbocycles. The zero-order valence-corrected chi connectivity index (χ0v) is 19.7. The molecule has 4 unspecified atom stereocenters. The summed E-state index contributed by atoms with van der Waals surface area (Å²) in [6.45, 7) is 2.09. The number of halogens is 3. The largest absolute Gasteiger partial charge is 0.426 e. The van der Waals surface area contributed by atoms with Crippen LogP contribution in [0.25, 0.3) is 0 Å². The second-order valence-corrected chi connectivity index (χ2v) is 10.6. The first-order valence-corrected chi connectivity index (χ1v) is 12.9. The number of hydrogen-bond donors (Lipinski definition) is 0. The number of ether oxygens (including phenoxy) is 1. The number of carbonyl (C=O) groups is 1. The minimum atomic E-state index is -1.54. The van der Waals surface area contributed by atoms with Crippen LogP contribution in [0, 0.1) is 53.0 Å². The first kappa shape index (κ1) is 24.3. The average molecular weight is 463 g/mol. The molecule has 0 saturated heterocycles. The highest BCUT2D eigenvalue weighted by Gasteiger charge is 2.43. The standard InChI is InChI=1S/C28H37F3O2/c1-2-3-4-6-18-9-11-19(12-10-18)20-13-14-23-21(15-20)7-5-8-24(23)28(32)33-22-16-25(29)27(31)26(30)17-22/h2-3,16-21,23-24H,4-15H2,1H3/b3-2+. The van der Waals surface area contributed by atoms with Crippen LogP contribution in [0.4, 0.5) is 13.2 Å². The molecule has 4 rings (SSSR count). The monoisotopic (exact) mass is 462 g/mol. The van der Waals surface area contributed by atoms with Crippen molar-refractivity contribution in [3.8, 4) is 5.75 Å². The van der Waals surface area contributed by atoms with E-state index in [0.29, 0.717) is 5.92 Å². The molecule has 4 atom stereocenters. The Labute approximate surface area is 196 Å². The fourth-order valence-electron chi connectivity index (χ4n) is 6.95. The summed E-state index contributed by atoms with van der Waals surface area (Å²) in [5, 5.41) is 0. The second-order valence-electron chi connectivity index (χ2n) is 10.6. The molecular formula is C28H37F3O2. The molecule has 5 heteroatoms. The third-order valence-electron chi connectivity index (χ3n) is 8.70. The van der Waals surface area contributed by atoms with Gasteiger partial charge in [-0.1, -0.05) is 37.8 Å². The lowest BCUT2D eigenvalue weighted by Crippen LogP contribution is -2.40. The third-order valence-corrected chi connectivity index (χ3v) is 8.70. The molecule has 0 heterocycles. The molecule has 1 aromatic rings. The van der Waals surface area contributed by atoms with Crippen molar-refractivity contribution in [2.24, 2.45) is 35.5 Å². The van der Waals surface area contributed by atoms with E-state index < -0.39 is 23.4 Å². The maximum absolute atomic E-state index is 13.5. The lowest BCUT2D eigenvalue weighted by Gasteiger charge is -2.46. The molecule has 3 fully saturated rings. The van der Waals surface area contributed by atoms with Gasteiger partial charge < -0.3 is 4.74 Å². The molecule has 0 bridgehead atoms. The predicted octanol–water partition coefficient (Wildman–Crippen LogP) is 8.00. The van der Waals surface area contributed by atoms with Gasteiger partial charge in [-0.15, -0.1) is 0 Å². The molecule has 33 heavy (non-hydrogen) atoms. The quantitative estimate of drug-likeness (QED) is 0.185. The van der Waals surface area contributed by atoms with Gasteiger partial charge in [0.1, 0.15) is 5.75 Å². The highest BCUT2D eigenvalue weighted by atomic mass is 19.2. The highest BCUT2D eigenvalue weighted by Crippen LogP contribution is 2.50. The van der Waals surface area contributed by atoms with Gasteiger partial charge in [0.2, 0.25) is 0 Å². The molecule has 0 N–H and O–H groups in total. The maximum Gasteiger partial charge on any atom is 0.314 e. The van der Waals surface area contributed by atoms with Gasteiger partial charge in [-0.3, -0.25) is 4.79 Å². The molecule has 0 aliphatic heterocycles. The van der Waals surface area contributed by atoms with Crippen molar-refractivity contribution in [2.45, 2.75) is 84.0 Å². The van der Waals surface area contributed by atoms with Crippen molar-refractivity contribution in [2.75, 3.05) is 0 Å². The summed E-state index contributed by atoms with van der Waals surface area (Å²) in [6, 6.07) is 1.50. The van der Waals surface area contributed by atoms with Gasteiger partial charge in [0.05, 0.1) is 5.92 Å². The molecule has 1 aromatic carbocycles.